The molecule has 2 atom stereocenters. The third-order valence-electron chi connectivity index (χ3n) is 6.70. The summed E-state index contributed by atoms with van der Waals surface area (Å²) in [5, 5.41) is 17.3. The summed E-state index contributed by atoms with van der Waals surface area (Å²) >= 11 is 12.9. The molecular weight excluding hydrogens is 489 g/mol. The number of hydrogen-bond acceptors (Lipinski definition) is 7. The topological polar surface area (TPSA) is 110 Å². The third kappa shape index (κ3) is 4.96. The van der Waals surface area contributed by atoms with E-state index < -0.39 is 0 Å². The van der Waals surface area contributed by atoms with Gasteiger partial charge >= 0.3 is 0 Å². The van der Waals surface area contributed by atoms with E-state index in [1.54, 1.807) is 12.3 Å². The molecule has 1 aromatic carbocycles. The van der Waals surface area contributed by atoms with E-state index in [0.29, 0.717) is 39.4 Å². The molecule has 0 radical (unpaired) electrons. The van der Waals surface area contributed by atoms with Crippen molar-refractivity contribution in [2.75, 3.05) is 11.4 Å². The largest absolute Gasteiger partial charge is 0.409 e. The Bertz CT molecular complexity index is 1210. The van der Waals surface area contributed by atoms with Crippen molar-refractivity contribution in [1.82, 2.24) is 10.1 Å². The second kappa shape index (κ2) is 10.0. The lowest BCUT2D eigenvalue weighted by atomic mass is 10.00. The van der Waals surface area contributed by atoms with E-state index in [1.165, 1.54) is 0 Å². The summed E-state index contributed by atoms with van der Waals surface area (Å²) in [7, 11) is 0. The van der Waals surface area contributed by atoms with E-state index in [2.05, 4.69) is 27.1 Å². The average molecular weight is 516 g/mol. The average Bonchev–Trinajstić information content (AvgIpc) is 3.62. The van der Waals surface area contributed by atoms with Crippen LogP contribution < -0.4 is 10.6 Å². The zero-order valence-electron chi connectivity index (χ0n) is 19.3. The van der Waals surface area contributed by atoms with Gasteiger partial charge in [0.15, 0.2) is 5.84 Å². The van der Waals surface area contributed by atoms with Crippen molar-refractivity contribution in [3.05, 3.63) is 63.5 Å². The third-order valence-corrected chi connectivity index (χ3v) is 7.33. The normalized spacial score (nSPS) is 20.9. The number of oxime groups is 1. The van der Waals surface area contributed by atoms with E-state index in [4.69, 9.17) is 43.4 Å². The summed E-state index contributed by atoms with van der Waals surface area (Å²) in [5.74, 6) is 2.17. The number of rotatable bonds is 7. The van der Waals surface area contributed by atoms with Crippen molar-refractivity contribution in [2.24, 2.45) is 10.9 Å². The van der Waals surface area contributed by atoms with Gasteiger partial charge in [-0.2, -0.15) is 0 Å². The van der Waals surface area contributed by atoms with Crippen molar-refractivity contribution in [1.29, 1.82) is 0 Å². The Morgan fingerprint density at radius 2 is 2.00 bits per heavy atom. The molecule has 5 rings (SSSR count). The second-order valence-electron chi connectivity index (χ2n) is 9.14. The van der Waals surface area contributed by atoms with Gasteiger partial charge in [-0.15, -0.1) is 0 Å². The molecule has 3 aromatic rings. The van der Waals surface area contributed by atoms with Gasteiger partial charge in [0.05, 0.1) is 22.8 Å². The molecule has 2 aromatic heterocycles. The highest BCUT2D eigenvalue weighted by Crippen LogP contribution is 2.46. The van der Waals surface area contributed by atoms with Gasteiger partial charge in [0.1, 0.15) is 17.3 Å². The van der Waals surface area contributed by atoms with Gasteiger partial charge in [-0.05, 0) is 56.9 Å². The first-order valence-electron chi connectivity index (χ1n) is 11.7. The lowest BCUT2D eigenvalue weighted by Gasteiger charge is -2.38. The van der Waals surface area contributed by atoms with Crippen LogP contribution in [0.5, 0.6) is 0 Å². The highest BCUT2D eigenvalue weighted by molar-refractivity contribution is 6.39. The SMILES string of the molecule is C[C@@H]1C[C@H](OCc2c(-c3c(Cl)cccc3Cl)noc2C2CC2)CCN1c1ccc(/C(N)=N/O)cn1. The minimum absolute atomic E-state index is 0.0426. The van der Waals surface area contributed by atoms with E-state index in [-0.39, 0.29) is 18.0 Å². The molecule has 0 amide bonds. The molecule has 0 spiro atoms. The Labute approximate surface area is 213 Å². The first-order valence-corrected chi connectivity index (χ1v) is 12.5. The maximum atomic E-state index is 8.84. The molecule has 2 aliphatic rings. The van der Waals surface area contributed by atoms with Gasteiger partial charge in [0.2, 0.25) is 0 Å². The van der Waals surface area contributed by atoms with Crippen LogP contribution in [-0.2, 0) is 11.3 Å². The number of nitrogens with zero attached hydrogens (tertiary/aromatic N) is 4. The smallest absolute Gasteiger partial charge is 0.171 e. The van der Waals surface area contributed by atoms with Gasteiger partial charge in [-0.3, -0.25) is 0 Å². The van der Waals surface area contributed by atoms with E-state index >= 15 is 0 Å². The van der Waals surface area contributed by atoms with Crippen molar-refractivity contribution in [2.45, 2.75) is 57.3 Å². The van der Waals surface area contributed by atoms with Crippen LogP contribution in [0.2, 0.25) is 10.0 Å². The van der Waals surface area contributed by atoms with Crippen LogP contribution in [-0.4, -0.2) is 39.9 Å². The van der Waals surface area contributed by atoms with Crippen molar-refractivity contribution in [3.8, 4) is 11.3 Å². The highest BCUT2D eigenvalue weighted by Gasteiger charge is 2.34. The molecular formula is C25H27Cl2N5O3. The molecule has 1 saturated carbocycles. The standard InChI is InChI=1S/C25H27Cl2N5O3/c1-14-11-17(9-10-32(14)21-8-7-16(12-29-21)25(28)30-33)34-13-18-23(31-35-24(18)15-5-6-15)22-19(26)3-2-4-20(22)27/h2-4,7-8,12,14-15,17,33H,5-6,9-11,13H2,1H3,(H2,28,30)/t14-,17-/m1/s1. The molecule has 8 nitrogen and oxygen atoms in total. The second-order valence-corrected chi connectivity index (χ2v) is 9.95. The summed E-state index contributed by atoms with van der Waals surface area (Å²) < 4.78 is 12.2. The van der Waals surface area contributed by atoms with Gasteiger partial charge in [-0.25, -0.2) is 4.98 Å². The Morgan fingerprint density at radius 1 is 1.23 bits per heavy atom. The van der Waals surface area contributed by atoms with Crippen LogP contribution in [0.25, 0.3) is 11.3 Å². The van der Waals surface area contributed by atoms with Crippen LogP contribution in [0, 0.1) is 0 Å². The number of benzene rings is 1. The van der Waals surface area contributed by atoms with Gasteiger partial charge in [0.25, 0.3) is 0 Å². The number of piperidine rings is 1. The Morgan fingerprint density at radius 3 is 2.63 bits per heavy atom. The molecule has 0 unspecified atom stereocenters. The lowest BCUT2D eigenvalue weighted by molar-refractivity contribution is 0.0174. The fraction of sp³-hybridized carbons (Fsp3) is 0.400. The Hall–Kier alpha value is -2.81. The predicted molar refractivity (Wildman–Crippen MR) is 135 cm³/mol. The monoisotopic (exact) mass is 515 g/mol. The van der Waals surface area contributed by atoms with E-state index in [9.17, 15) is 0 Å². The first-order chi connectivity index (χ1) is 17.0. The van der Waals surface area contributed by atoms with Gasteiger partial charge in [-0.1, -0.05) is 39.6 Å². The number of anilines is 1. The van der Waals surface area contributed by atoms with Crippen LogP contribution in [0.15, 0.2) is 46.2 Å². The molecule has 3 heterocycles. The van der Waals surface area contributed by atoms with Crippen LogP contribution in [0.1, 0.15) is 55.4 Å². The number of amidine groups is 1. The summed E-state index contributed by atoms with van der Waals surface area (Å²) in [6.45, 7) is 3.37. The summed E-state index contributed by atoms with van der Waals surface area (Å²) in [6.07, 6.45) is 5.61. The summed E-state index contributed by atoms with van der Waals surface area (Å²) in [6, 6.07) is 9.37. The number of halogens is 2. The van der Waals surface area contributed by atoms with Gasteiger partial charge in [0, 0.05) is 41.4 Å². The molecule has 184 valence electrons. The highest BCUT2D eigenvalue weighted by atomic mass is 35.5. The molecule has 3 N–H and O–H groups in total. The molecule has 10 heteroatoms. The fourth-order valence-electron chi connectivity index (χ4n) is 4.64. The number of nitrogens with two attached hydrogens (primary N) is 1. The zero-order chi connectivity index (χ0) is 24.5. The van der Waals surface area contributed by atoms with Crippen molar-refractivity contribution >= 4 is 34.9 Å². The number of aromatic nitrogens is 2. The number of hydrogen-bond donors (Lipinski definition) is 2. The molecule has 1 saturated heterocycles. The van der Waals surface area contributed by atoms with Crippen molar-refractivity contribution in [3.63, 3.8) is 0 Å². The Kier molecular flexibility index (Phi) is 6.86. The van der Waals surface area contributed by atoms with Crippen LogP contribution in [0.4, 0.5) is 5.82 Å². The van der Waals surface area contributed by atoms with Crippen LogP contribution >= 0.6 is 23.2 Å². The lowest BCUT2D eigenvalue weighted by Crippen LogP contribution is -2.44. The molecule has 0 bridgehead atoms. The minimum atomic E-state index is 0.0426. The molecule has 1 aliphatic heterocycles. The summed E-state index contributed by atoms with van der Waals surface area (Å²) in [5.41, 5.74) is 8.52. The minimum Gasteiger partial charge on any atom is -0.409 e. The first kappa shape index (κ1) is 23.9. The number of ether oxygens (including phenoxy) is 1. The molecule has 35 heavy (non-hydrogen) atoms. The van der Waals surface area contributed by atoms with E-state index in [1.807, 2.05) is 24.3 Å². The van der Waals surface area contributed by atoms with Crippen molar-refractivity contribution < 1.29 is 14.5 Å². The predicted octanol–water partition coefficient (Wildman–Crippen LogP) is 5.59. The van der Waals surface area contributed by atoms with Gasteiger partial charge < -0.3 is 25.1 Å². The van der Waals surface area contributed by atoms with Crippen LogP contribution in [0.3, 0.4) is 0 Å². The maximum Gasteiger partial charge on any atom is 0.171 e. The van der Waals surface area contributed by atoms with E-state index in [0.717, 1.165) is 49.4 Å². The molecule has 2 fully saturated rings. The zero-order valence-corrected chi connectivity index (χ0v) is 20.8. The summed E-state index contributed by atoms with van der Waals surface area (Å²) in [4.78, 5) is 6.75. The maximum absolute atomic E-state index is 8.84. The Balaban J connectivity index is 1.28. The quantitative estimate of drug-likeness (QED) is 0.182. The fourth-order valence-corrected chi connectivity index (χ4v) is 5.21. The number of pyridine rings is 1. The molecule has 1 aliphatic carbocycles.